The van der Waals surface area contributed by atoms with Crippen molar-refractivity contribution in [2.24, 2.45) is 0 Å². The number of aldehydes is 1. The molecule has 0 aromatic rings. The van der Waals surface area contributed by atoms with E-state index in [0.717, 1.165) is 0 Å². The highest BCUT2D eigenvalue weighted by Crippen LogP contribution is 2.07. The largest absolute Gasteiger partial charge is 0.356 e. The van der Waals surface area contributed by atoms with Gasteiger partial charge in [0.1, 0.15) is 0 Å². The zero-order valence-corrected chi connectivity index (χ0v) is 7.46. The molecule has 0 heterocycles. The molecule has 0 amide bonds. The van der Waals surface area contributed by atoms with Gasteiger partial charge in [0.2, 0.25) is 0 Å². The van der Waals surface area contributed by atoms with Gasteiger partial charge < -0.3 is 14.3 Å². The van der Waals surface area contributed by atoms with E-state index >= 15 is 0 Å². The number of methoxy groups -OCH3 is 2. The average Bonchev–Trinajstić information content (AvgIpc) is 2.12. The molecular formula is C8H15FO3. The van der Waals surface area contributed by atoms with Crippen LogP contribution in [-0.2, 0) is 14.3 Å². The molecule has 3 nitrogen and oxygen atoms in total. The van der Waals surface area contributed by atoms with Crippen LogP contribution in [0, 0.1) is 0 Å². The van der Waals surface area contributed by atoms with Crippen molar-refractivity contribution >= 4 is 6.29 Å². The van der Waals surface area contributed by atoms with Crippen molar-refractivity contribution in [2.45, 2.75) is 31.7 Å². The first-order valence-corrected chi connectivity index (χ1v) is 3.89. The normalized spacial score (nSPS) is 13.3. The summed E-state index contributed by atoms with van der Waals surface area (Å²) in [6, 6.07) is 0. The topological polar surface area (TPSA) is 35.5 Å². The lowest BCUT2D eigenvalue weighted by molar-refractivity contribution is -0.114. The number of halogens is 1. The number of hydrogen-bond acceptors (Lipinski definition) is 3. The van der Waals surface area contributed by atoms with Crippen LogP contribution in [0.2, 0.25) is 0 Å². The number of rotatable bonds is 7. The van der Waals surface area contributed by atoms with Crippen LogP contribution in [0.3, 0.4) is 0 Å². The van der Waals surface area contributed by atoms with Crippen molar-refractivity contribution in [2.75, 3.05) is 14.2 Å². The summed E-state index contributed by atoms with van der Waals surface area (Å²) < 4.78 is 22.1. The minimum absolute atomic E-state index is 0.243. The molecule has 4 heteroatoms. The van der Waals surface area contributed by atoms with Crippen LogP contribution in [0.4, 0.5) is 4.39 Å². The van der Waals surface area contributed by atoms with Gasteiger partial charge in [0.25, 0.3) is 0 Å². The lowest BCUT2D eigenvalue weighted by atomic mass is 10.2. The number of hydrogen-bond donors (Lipinski definition) is 0. The molecule has 0 rings (SSSR count). The van der Waals surface area contributed by atoms with E-state index < -0.39 is 6.17 Å². The fourth-order valence-electron chi connectivity index (χ4n) is 0.879. The molecule has 0 radical (unpaired) electrons. The van der Waals surface area contributed by atoms with E-state index in [1.54, 1.807) is 0 Å². The van der Waals surface area contributed by atoms with Gasteiger partial charge in [-0.3, -0.25) is 0 Å². The first-order chi connectivity index (χ1) is 5.74. The molecule has 0 fully saturated rings. The molecule has 0 N–H and O–H groups in total. The van der Waals surface area contributed by atoms with E-state index in [9.17, 15) is 9.18 Å². The van der Waals surface area contributed by atoms with Crippen LogP contribution in [0.15, 0.2) is 0 Å². The summed E-state index contributed by atoms with van der Waals surface area (Å²) in [5.74, 6) is 0. The summed E-state index contributed by atoms with van der Waals surface area (Å²) in [6.07, 6.45) is 0.123. The van der Waals surface area contributed by atoms with Crippen LogP contribution >= 0.6 is 0 Å². The van der Waals surface area contributed by atoms with Gasteiger partial charge in [0.05, 0.1) is 0 Å². The second-order valence-electron chi connectivity index (χ2n) is 2.48. The highest BCUT2D eigenvalue weighted by atomic mass is 19.1. The second kappa shape index (κ2) is 7.18. The van der Waals surface area contributed by atoms with Gasteiger partial charge in [-0.15, -0.1) is 0 Å². The Morgan fingerprint density at radius 1 is 1.33 bits per heavy atom. The van der Waals surface area contributed by atoms with E-state index in [1.807, 2.05) is 0 Å². The van der Waals surface area contributed by atoms with Crippen molar-refractivity contribution in [1.82, 2.24) is 0 Å². The van der Waals surface area contributed by atoms with Crippen molar-refractivity contribution in [3.8, 4) is 0 Å². The Kier molecular flexibility index (Phi) is 6.90. The fraction of sp³-hybridized carbons (Fsp3) is 0.875. The summed E-state index contributed by atoms with van der Waals surface area (Å²) in [5, 5.41) is 0. The molecule has 1 unspecified atom stereocenters. The predicted octanol–water partition coefficient (Wildman–Crippen LogP) is 1.31. The van der Waals surface area contributed by atoms with Gasteiger partial charge in [-0.2, -0.15) is 0 Å². The molecule has 1 atom stereocenters. The third-order valence-electron chi connectivity index (χ3n) is 1.59. The fourth-order valence-corrected chi connectivity index (χ4v) is 0.879. The molecule has 0 aliphatic carbocycles. The SMILES string of the molecule is COC(CCCC(F)C=O)OC. The van der Waals surface area contributed by atoms with E-state index in [-0.39, 0.29) is 12.7 Å². The molecule has 0 aromatic carbocycles. The van der Waals surface area contributed by atoms with Crippen molar-refractivity contribution in [1.29, 1.82) is 0 Å². The highest BCUT2D eigenvalue weighted by Gasteiger charge is 2.08. The molecular weight excluding hydrogens is 163 g/mol. The summed E-state index contributed by atoms with van der Waals surface area (Å²) in [4.78, 5) is 9.88. The van der Waals surface area contributed by atoms with Gasteiger partial charge in [0, 0.05) is 14.2 Å². The predicted molar refractivity (Wildman–Crippen MR) is 42.6 cm³/mol. The molecule has 0 saturated carbocycles. The maximum atomic E-state index is 12.3. The average molecular weight is 178 g/mol. The Bertz CT molecular complexity index is 115. The third-order valence-corrected chi connectivity index (χ3v) is 1.59. The van der Waals surface area contributed by atoms with Gasteiger partial charge in [-0.1, -0.05) is 0 Å². The number of carbonyl (C=O) groups excluding carboxylic acids is 1. The molecule has 0 aliphatic heterocycles. The van der Waals surface area contributed by atoms with E-state index in [2.05, 4.69) is 0 Å². The summed E-state index contributed by atoms with van der Waals surface area (Å²) in [6.45, 7) is 0. The van der Waals surface area contributed by atoms with Gasteiger partial charge in [-0.05, 0) is 19.3 Å². The summed E-state index contributed by atoms with van der Waals surface area (Å²) in [7, 11) is 3.06. The molecule has 0 spiro atoms. The van der Waals surface area contributed by atoms with E-state index in [4.69, 9.17) is 9.47 Å². The standard InChI is InChI=1S/C8H15FO3/c1-11-8(12-2)5-3-4-7(9)6-10/h6-8H,3-5H2,1-2H3. The minimum atomic E-state index is -1.35. The van der Waals surface area contributed by atoms with Crippen LogP contribution in [0.25, 0.3) is 0 Å². The van der Waals surface area contributed by atoms with E-state index in [1.165, 1.54) is 14.2 Å². The maximum Gasteiger partial charge on any atom is 0.156 e. The Morgan fingerprint density at radius 3 is 2.33 bits per heavy atom. The van der Waals surface area contributed by atoms with Gasteiger partial charge >= 0.3 is 0 Å². The first-order valence-electron chi connectivity index (χ1n) is 3.89. The lowest BCUT2D eigenvalue weighted by Gasteiger charge is -2.12. The molecule has 72 valence electrons. The number of carbonyl (C=O) groups is 1. The first kappa shape index (κ1) is 11.5. The third kappa shape index (κ3) is 5.21. The Balaban J connectivity index is 3.34. The van der Waals surface area contributed by atoms with Crippen LogP contribution in [0.1, 0.15) is 19.3 Å². The van der Waals surface area contributed by atoms with Gasteiger partial charge in [-0.25, -0.2) is 4.39 Å². The van der Waals surface area contributed by atoms with Crippen LogP contribution in [0.5, 0.6) is 0 Å². The zero-order valence-electron chi connectivity index (χ0n) is 7.46. The molecule has 0 aliphatic rings. The summed E-state index contributed by atoms with van der Waals surface area (Å²) >= 11 is 0. The maximum absolute atomic E-state index is 12.3. The smallest absolute Gasteiger partial charge is 0.156 e. The Morgan fingerprint density at radius 2 is 1.92 bits per heavy atom. The van der Waals surface area contributed by atoms with Crippen LogP contribution in [-0.4, -0.2) is 33.0 Å². The molecule has 0 saturated heterocycles. The summed E-state index contributed by atoms with van der Waals surface area (Å²) in [5.41, 5.74) is 0. The molecule has 0 aromatic heterocycles. The van der Waals surface area contributed by atoms with Crippen LogP contribution < -0.4 is 0 Å². The Labute approximate surface area is 71.8 Å². The minimum Gasteiger partial charge on any atom is -0.356 e. The number of ether oxygens (including phenoxy) is 2. The van der Waals surface area contributed by atoms with Crippen molar-refractivity contribution in [3.63, 3.8) is 0 Å². The highest BCUT2D eigenvalue weighted by molar-refractivity contribution is 5.55. The lowest BCUT2D eigenvalue weighted by Crippen LogP contribution is -2.13. The quantitative estimate of drug-likeness (QED) is 0.435. The molecule has 0 bridgehead atoms. The number of alkyl halides is 1. The monoisotopic (exact) mass is 178 g/mol. The zero-order chi connectivity index (χ0) is 9.40. The Hall–Kier alpha value is -0.480. The molecule has 12 heavy (non-hydrogen) atoms. The van der Waals surface area contributed by atoms with Crippen molar-refractivity contribution in [3.05, 3.63) is 0 Å². The second-order valence-corrected chi connectivity index (χ2v) is 2.48. The van der Waals surface area contributed by atoms with E-state index in [0.29, 0.717) is 19.1 Å². The van der Waals surface area contributed by atoms with Crippen molar-refractivity contribution < 1.29 is 18.7 Å². The van der Waals surface area contributed by atoms with Gasteiger partial charge in [0.15, 0.2) is 18.7 Å².